The Hall–Kier alpha value is -4.73. The van der Waals surface area contributed by atoms with E-state index in [-0.39, 0.29) is 48.3 Å². The molecule has 5 rings (SSSR count). The number of piperidine rings is 2. The second kappa shape index (κ2) is 13.7. The maximum Gasteiger partial charge on any atom is 0.413 e. The lowest BCUT2D eigenvalue weighted by Gasteiger charge is -2.39. The van der Waals surface area contributed by atoms with E-state index in [0.717, 1.165) is 44.3 Å². The maximum atomic E-state index is 15.0. The van der Waals surface area contributed by atoms with Crippen molar-refractivity contribution in [2.45, 2.75) is 37.6 Å². The van der Waals surface area contributed by atoms with Crippen LogP contribution in [-0.4, -0.2) is 100 Å². The van der Waals surface area contributed by atoms with Gasteiger partial charge >= 0.3 is 12.1 Å². The van der Waals surface area contributed by atoms with Crippen LogP contribution in [0.25, 0.3) is 0 Å². The van der Waals surface area contributed by atoms with Crippen molar-refractivity contribution in [3.63, 3.8) is 0 Å². The van der Waals surface area contributed by atoms with E-state index in [9.17, 15) is 18.4 Å². The highest BCUT2D eigenvalue weighted by molar-refractivity contribution is 5.88. The molecule has 1 aromatic carbocycles. The summed E-state index contributed by atoms with van der Waals surface area (Å²) in [5.74, 6) is -1.43. The highest BCUT2D eigenvalue weighted by Gasteiger charge is 2.35. The average molecular weight is 616 g/mol. The van der Waals surface area contributed by atoms with Gasteiger partial charge in [0.15, 0.2) is 17.4 Å². The summed E-state index contributed by atoms with van der Waals surface area (Å²) in [6.45, 7) is 2.10. The highest BCUT2D eigenvalue weighted by atomic mass is 19.1. The average Bonchev–Trinajstić information content (AvgIpc) is 3.00. The smallest absolute Gasteiger partial charge is 0.413 e. The summed E-state index contributed by atoms with van der Waals surface area (Å²) in [5.41, 5.74) is 0. The number of rotatable bonds is 7. The van der Waals surface area contributed by atoms with Gasteiger partial charge in [0.05, 0.1) is 18.4 Å². The summed E-state index contributed by atoms with van der Waals surface area (Å²) in [4.78, 5) is 47.2. The molecule has 13 nitrogen and oxygen atoms in total. The normalized spacial score (nSPS) is 19.2. The van der Waals surface area contributed by atoms with E-state index >= 15 is 4.39 Å². The summed E-state index contributed by atoms with van der Waals surface area (Å²) >= 11 is 0. The number of anilines is 3. The molecule has 0 aliphatic carbocycles. The minimum Gasteiger partial charge on any atom is -0.446 e. The first-order chi connectivity index (χ1) is 21.1. The van der Waals surface area contributed by atoms with E-state index < -0.39 is 36.0 Å². The van der Waals surface area contributed by atoms with Crippen molar-refractivity contribution in [3.05, 3.63) is 54.5 Å². The van der Waals surface area contributed by atoms with Crippen molar-refractivity contribution in [1.29, 1.82) is 0 Å². The summed E-state index contributed by atoms with van der Waals surface area (Å²) in [6.07, 6.45) is 3.36. The van der Waals surface area contributed by atoms with Gasteiger partial charge in [0.2, 0.25) is 11.8 Å². The van der Waals surface area contributed by atoms with Crippen LogP contribution >= 0.6 is 0 Å². The van der Waals surface area contributed by atoms with Gasteiger partial charge in [-0.3, -0.25) is 10.6 Å². The monoisotopic (exact) mass is 615 g/mol. The molecule has 2 aliphatic heterocycles. The molecule has 4 heterocycles. The van der Waals surface area contributed by atoms with Crippen LogP contribution in [0.5, 0.6) is 11.6 Å². The Labute approximate surface area is 251 Å². The number of aromatic nitrogens is 4. The number of hydrogen-bond acceptors (Lipinski definition) is 10. The third-order valence-corrected chi connectivity index (χ3v) is 7.38. The van der Waals surface area contributed by atoms with Crippen LogP contribution in [0.4, 0.5) is 40.3 Å². The number of halogens is 3. The molecule has 3 aromatic rings. The number of nitrogens with zero attached hydrogens (tertiary/aromatic N) is 7. The predicted molar refractivity (Wildman–Crippen MR) is 153 cm³/mol. The van der Waals surface area contributed by atoms with E-state index in [1.54, 1.807) is 4.90 Å². The number of carbonyl (C=O) groups is 2. The molecule has 16 heteroatoms. The van der Waals surface area contributed by atoms with Gasteiger partial charge in [0.1, 0.15) is 23.9 Å². The second-order valence-corrected chi connectivity index (χ2v) is 10.6. The maximum absolute atomic E-state index is 15.0. The molecule has 0 radical (unpaired) electrons. The van der Waals surface area contributed by atoms with Crippen LogP contribution in [0.2, 0.25) is 0 Å². The van der Waals surface area contributed by atoms with Gasteiger partial charge in [-0.05, 0) is 44.5 Å². The number of alkyl halides is 1. The lowest BCUT2D eigenvalue weighted by molar-refractivity contribution is 0.0661. The van der Waals surface area contributed by atoms with Crippen LogP contribution < -0.4 is 20.3 Å². The van der Waals surface area contributed by atoms with Crippen LogP contribution in [0, 0.1) is 11.6 Å². The molecular weight excluding hydrogens is 583 g/mol. The number of carbonyl (C=O) groups excluding carboxylic acids is 2. The van der Waals surface area contributed by atoms with Crippen molar-refractivity contribution < 1.29 is 32.2 Å². The summed E-state index contributed by atoms with van der Waals surface area (Å²) in [5, 5.41) is 5.18. The number of likely N-dealkylation sites (N-methyl/N-ethyl adjacent to an activating group) is 1. The molecule has 2 fully saturated rings. The van der Waals surface area contributed by atoms with Crippen molar-refractivity contribution in [2.24, 2.45) is 0 Å². The second-order valence-electron chi connectivity index (χ2n) is 10.6. The Kier molecular flexibility index (Phi) is 9.57. The molecule has 44 heavy (non-hydrogen) atoms. The van der Waals surface area contributed by atoms with E-state index in [1.807, 2.05) is 7.05 Å². The Morgan fingerprint density at radius 2 is 1.80 bits per heavy atom. The first-order valence-electron chi connectivity index (χ1n) is 14.0. The molecule has 2 atom stereocenters. The fraction of sp³-hybridized carbons (Fsp3) is 0.429. The van der Waals surface area contributed by atoms with Crippen LogP contribution in [0.3, 0.4) is 0 Å². The highest BCUT2D eigenvalue weighted by Crippen LogP contribution is 2.25. The van der Waals surface area contributed by atoms with Crippen molar-refractivity contribution in [2.75, 3.05) is 55.8 Å². The summed E-state index contributed by atoms with van der Waals surface area (Å²) < 4.78 is 52.8. The number of urea groups is 1. The van der Waals surface area contributed by atoms with E-state index in [1.165, 1.54) is 30.4 Å². The van der Waals surface area contributed by atoms with Crippen LogP contribution in [0.15, 0.2) is 42.9 Å². The number of nitrogens with one attached hydrogen (secondary N) is 2. The number of likely N-dealkylation sites (tertiary alicyclic amines) is 1. The zero-order chi connectivity index (χ0) is 31.2. The van der Waals surface area contributed by atoms with Crippen molar-refractivity contribution in [3.8, 4) is 11.6 Å². The Bertz CT molecular complexity index is 1460. The Balaban J connectivity index is 1.16. The summed E-state index contributed by atoms with van der Waals surface area (Å²) in [6, 6.07) is 2.86. The number of benzene rings is 1. The van der Waals surface area contributed by atoms with Crippen LogP contribution in [0.1, 0.15) is 19.3 Å². The number of amides is 3. The molecule has 234 valence electrons. The van der Waals surface area contributed by atoms with E-state index in [0.29, 0.717) is 12.6 Å². The topological polar surface area (TPSA) is 138 Å². The first kappa shape index (κ1) is 30.7. The summed E-state index contributed by atoms with van der Waals surface area (Å²) in [7, 11) is 3.47. The number of ether oxygens (including phenoxy) is 2. The molecule has 0 spiro atoms. The van der Waals surface area contributed by atoms with Crippen LogP contribution in [-0.2, 0) is 4.74 Å². The minimum absolute atomic E-state index is 0.0473. The van der Waals surface area contributed by atoms with Gasteiger partial charge in [-0.2, -0.15) is 4.98 Å². The van der Waals surface area contributed by atoms with Gasteiger partial charge in [-0.1, -0.05) is 0 Å². The number of hydrogen-bond donors (Lipinski definition) is 2. The molecule has 2 aliphatic rings. The molecule has 2 saturated heterocycles. The van der Waals surface area contributed by atoms with E-state index in [4.69, 9.17) is 9.47 Å². The molecule has 0 saturated carbocycles. The molecule has 2 aromatic heterocycles. The Morgan fingerprint density at radius 3 is 2.52 bits per heavy atom. The fourth-order valence-corrected chi connectivity index (χ4v) is 4.86. The van der Waals surface area contributed by atoms with Gasteiger partial charge in [-0.25, -0.2) is 37.7 Å². The van der Waals surface area contributed by atoms with Gasteiger partial charge < -0.3 is 24.2 Å². The lowest BCUT2D eigenvalue weighted by atomic mass is 10.0. The van der Waals surface area contributed by atoms with Gasteiger partial charge in [0.25, 0.3) is 0 Å². The predicted octanol–water partition coefficient (Wildman–Crippen LogP) is 4.06. The standard InChI is InChI=1S/C28H32F3N9O4/c1-38-10-6-18(7-11-38)43-28(42)37-23-5-9-32-26(35-23)40-12-8-19(30)21(16-40)39(2)27(41)36-24-14-34-25(15-33-24)44-22-4-3-17(29)13-20(22)31/h3-5,9,13-15,18-19,21H,6-8,10-12,16H2,1-2H3,(H,33,36,41)(H,32,35,37,42)/t19-,21+/m1/s1. The SMILES string of the molecule is CN1CCC(OC(=O)Nc2ccnc(N3CC[C@@H](F)[C@@H](N(C)C(=O)Nc4cnc(Oc5ccc(F)cc5F)cn4)C3)n2)CC1. The quantitative estimate of drug-likeness (QED) is 0.400. The third kappa shape index (κ3) is 7.80. The molecular formula is C28H32F3N9O4. The van der Waals surface area contributed by atoms with Crippen molar-refractivity contribution >= 4 is 29.7 Å². The zero-order valence-corrected chi connectivity index (χ0v) is 24.1. The Morgan fingerprint density at radius 1 is 1.00 bits per heavy atom. The lowest BCUT2D eigenvalue weighted by Crippen LogP contribution is -2.55. The van der Waals surface area contributed by atoms with Gasteiger partial charge in [-0.15, -0.1) is 0 Å². The molecule has 0 unspecified atom stereocenters. The van der Waals surface area contributed by atoms with Gasteiger partial charge in [0, 0.05) is 45.5 Å². The largest absolute Gasteiger partial charge is 0.446 e. The first-order valence-corrected chi connectivity index (χ1v) is 14.0. The third-order valence-electron chi connectivity index (χ3n) is 7.38. The zero-order valence-electron chi connectivity index (χ0n) is 24.1. The van der Waals surface area contributed by atoms with E-state index in [2.05, 4.69) is 35.5 Å². The molecule has 3 amide bonds. The minimum atomic E-state index is -1.32. The van der Waals surface area contributed by atoms with Crippen molar-refractivity contribution in [1.82, 2.24) is 29.7 Å². The fourth-order valence-electron chi connectivity index (χ4n) is 4.86. The molecule has 2 N–H and O–H groups in total. The molecule has 0 bridgehead atoms.